The van der Waals surface area contributed by atoms with Crippen LogP contribution >= 0.6 is 0 Å². The largest absolute Gasteiger partial charge is 0.379 e. The third kappa shape index (κ3) is 5.65. The van der Waals surface area contributed by atoms with E-state index in [1.807, 2.05) is 30.3 Å². The third-order valence-electron chi connectivity index (χ3n) is 4.88. The number of morpholine rings is 1. The molecule has 1 saturated heterocycles. The van der Waals surface area contributed by atoms with Gasteiger partial charge in [0.15, 0.2) is 0 Å². The molecule has 1 fully saturated rings. The monoisotopic (exact) mass is 381 g/mol. The SMILES string of the molecule is CC(=O)NCc1ccc(C(=O)NCC(c2ccccc2)N2CCOCC2)cc1. The van der Waals surface area contributed by atoms with Crippen molar-refractivity contribution in [1.82, 2.24) is 15.5 Å². The number of carbonyl (C=O) groups excluding carboxylic acids is 2. The summed E-state index contributed by atoms with van der Waals surface area (Å²) >= 11 is 0. The zero-order valence-electron chi connectivity index (χ0n) is 16.2. The lowest BCUT2D eigenvalue weighted by molar-refractivity contribution is -0.119. The first-order valence-electron chi connectivity index (χ1n) is 9.62. The van der Waals surface area contributed by atoms with Crippen LogP contribution in [0.3, 0.4) is 0 Å². The normalized spacial score (nSPS) is 15.6. The number of ether oxygens (including phenoxy) is 1. The molecule has 1 atom stereocenters. The minimum atomic E-state index is -0.0970. The van der Waals surface area contributed by atoms with Gasteiger partial charge in [-0.25, -0.2) is 0 Å². The zero-order chi connectivity index (χ0) is 19.8. The van der Waals surface area contributed by atoms with Crippen molar-refractivity contribution in [3.63, 3.8) is 0 Å². The van der Waals surface area contributed by atoms with Gasteiger partial charge in [0, 0.05) is 38.7 Å². The van der Waals surface area contributed by atoms with Gasteiger partial charge in [-0.3, -0.25) is 14.5 Å². The molecular formula is C22H27N3O3. The molecule has 0 saturated carbocycles. The van der Waals surface area contributed by atoms with Gasteiger partial charge in [-0.15, -0.1) is 0 Å². The number of hydrogen-bond donors (Lipinski definition) is 2. The van der Waals surface area contributed by atoms with Gasteiger partial charge in [-0.05, 0) is 23.3 Å². The molecule has 3 rings (SSSR count). The molecule has 0 bridgehead atoms. The van der Waals surface area contributed by atoms with Gasteiger partial charge in [0.2, 0.25) is 5.91 Å². The van der Waals surface area contributed by atoms with E-state index < -0.39 is 0 Å². The summed E-state index contributed by atoms with van der Waals surface area (Å²) in [6.45, 7) is 5.63. The average molecular weight is 381 g/mol. The third-order valence-corrected chi connectivity index (χ3v) is 4.88. The summed E-state index contributed by atoms with van der Waals surface area (Å²) < 4.78 is 5.47. The lowest BCUT2D eigenvalue weighted by Crippen LogP contribution is -2.43. The Balaban J connectivity index is 1.62. The van der Waals surface area contributed by atoms with Crippen molar-refractivity contribution in [2.75, 3.05) is 32.8 Å². The molecule has 6 nitrogen and oxygen atoms in total. The number of carbonyl (C=O) groups is 2. The van der Waals surface area contributed by atoms with Gasteiger partial charge in [-0.1, -0.05) is 42.5 Å². The maximum absolute atomic E-state index is 12.6. The summed E-state index contributed by atoms with van der Waals surface area (Å²) in [5.74, 6) is -0.169. The Bertz CT molecular complexity index is 771. The second kappa shape index (κ2) is 10.0. The molecule has 148 valence electrons. The Kier molecular flexibility index (Phi) is 7.17. The van der Waals surface area contributed by atoms with Crippen LogP contribution in [0.1, 0.15) is 34.5 Å². The van der Waals surface area contributed by atoms with Crippen molar-refractivity contribution in [3.8, 4) is 0 Å². The molecule has 28 heavy (non-hydrogen) atoms. The van der Waals surface area contributed by atoms with Crippen molar-refractivity contribution in [2.24, 2.45) is 0 Å². The predicted molar refractivity (Wildman–Crippen MR) is 108 cm³/mol. The van der Waals surface area contributed by atoms with E-state index in [0.717, 1.165) is 18.7 Å². The molecule has 1 unspecified atom stereocenters. The van der Waals surface area contributed by atoms with E-state index in [1.54, 1.807) is 12.1 Å². The summed E-state index contributed by atoms with van der Waals surface area (Å²) in [5.41, 5.74) is 2.76. The quantitative estimate of drug-likeness (QED) is 0.771. The number of hydrogen-bond acceptors (Lipinski definition) is 4. The van der Waals surface area contributed by atoms with E-state index in [2.05, 4.69) is 27.7 Å². The highest BCUT2D eigenvalue weighted by molar-refractivity contribution is 5.94. The molecular weight excluding hydrogens is 354 g/mol. The molecule has 2 aromatic carbocycles. The molecule has 1 aliphatic heterocycles. The molecule has 2 N–H and O–H groups in total. The number of benzene rings is 2. The zero-order valence-corrected chi connectivity index (χ0v) is 16.2. The minimum absolute atomic E-state index is 0.0723. The molecule has 0 aliphatic carbocycles. The second-order valence-electron chi connectivity index (χ2n) is 6.89. The average Bonchev–Trinajstić information content (AvgIpc) is 2.74. The first kappa shape index (κ1) is 20.0. The number of nitrogens with one attached hydrogen (secondary N) is 2. The van der Waals surface area contributed by atoms with E-state index in [9.17, 15) is 9.59 Å². The molecule has 0 spiro atoms. The number of rotatable bonds is 7. The highest BCUT2D eigenvalue weighted by Crippen LogP contribution is 2.21. The van der Waals surface area contributed by atoms with Crippen molar-refractivity contribution < 1.29 is 14.3 Å². The van der Waals surface area contributed by atoms with E-state index in [4.69, 9.17) is 4.74 Å². The molecule has 0 aromatic heterocycles. The maximum atomic E-state index is 12.6. The lowest BCUT2D eigenvalue weighted by atomic mass is 10.0. The van der Waals surface area contributed by atoms with E-state index in [1.165, 1.54) is 12.5 Å². The Morgan fingerprint density at radius 2 is 1.68 bits per heavy atom. The van der Waals surface area contributed by atoms with Crippen LogP contribution in [0, 0.1) is 0 Å². The Morgan fingerprint density at radius 1 is 1.00 bits per heavy atom. The first-order chi connectivity index (χ1) is 13.6. The summed E-state index contributed by atoms with van der Waals surface area (Å²) in [6.07, 6.45) is 0. The molecule has 1 heterocycles. The number of nitrogens with zero attached hydrogens (tertiary/aromatic N) is 1. The van der Waals surface area contributed by atoms with Crippen LogP contribution in [0.15, 0.2) is 54.6 Å². The van der Waals surface area contributed by atoms with Crippen molar-refractivity contribution in [1.29, 1.82) is 0 Å². The fourth-order valence-corrected chi connectivity index (χ4v) is 3.31. The molecule has 2 aromatic rings. The standard InChI is InChI=1S/C22H27N3O3/c1-17(26)23-15-18-7-9-20(10-8-18)22(27)24-16-21(19-5-3-2-4-6-19)25-11-13-28-14-12-25/h2-10,21H,11-16H2,1H3,(H,23,26)(H,24,27). The van der Waals surface area contributed by atoms with Crippen molar-refractivity contribution in [2.45, 2.75) is 19.5 Å². The fraction of sp³-hybridized carbons (Fsp3) is 0.364. The van der Waals surface area contributed by atoms with Crippen LogP contribution in [0.2, 0.25) is 0 Å². The Labute approximate surface area is 165 Å². The van der Waals surface area contributed by atoms with Gasteiger partial charge in [0.05, 0.1) is 19.3 Å². The Hall–Kier alpha value is -2.70. The topological polar surface area (TPSA) is 70.7 Å². The van der Waals surface area contributed by atoms with Crippen molar-refractivity contribution in [3.05, 3.63) is 71.3 Å². The predicted octanol–water partition coefficient (Wildman–Crippen LogP) is 2.13. The van der Waals surface area contributed by atoms with Crippen LogP contribution in [0.25, 0.3) is 0 Å². The lowest BCUT2D eigenvalue weighted by Gasteiger charge is -2.35. The minimum Gasteiger partial charge on any atom is -0.379 e. The van der Waals surface area contributed by atoms with Gasteiger partial charge in [0.25, 0.3) is 5.91 Å². The van der Waals surface area contributed by atoms with Gasteiger partial charge >= 0.3 is 0 Å². The smallest absolute Gasteiger partial charge is 0.251 e. The Morgan fingerprint density at radius 3 is 2.32 bits per heavy atom. The fourth-order valence-electron chi connectivity index (χ4n) is 3.31. The van der Waals surface area contributed by atoms with Gasteiger partial charge < -0.3 is 15.4 Å². The summed E-state index contributed by atoms with van der Waals surface area (Å²) in [7, 11) is 0. The molecule has 1 aliphatic rings. The van der Waals surface area contributed by atoms with E-state index >= 15 is 0 Å². The van der Waals surface area contributed by atoms with E-state index in [0.29, 0.717) is 31.9 Å². The maximum Gasteiger partial charge on any atom is 0.251 e. The van der Waals surface area contributed by atoms with Gasteiger partial charge in [0.1, 0.15) is 0 Å². The first-order valence-corrected chi connectivity index (χ1v) is 9.62. The highest BCUT2D eigenvalue weighted by atomic mass is 16.5. The van der Waals surface area contributed by atoms with Crippen LogP contribution in [0.5, 0.6) is 0 Å². The van der Waals surface area contributed by atoms with Crippen LogP contribution in [-0.2, 0) is 16.1 Å². The number of amides is 2. The summed E-state index contributed by atoms with van der Waals surface area (Å²) in [5, 5.41) is 5.82. The van der Waals surface area contributed by atoms with Crippen molar-refractivity contribution >= 4 is 11.8 Å². The summed E-state index contributed by atoms with van der Waals surface area (Å²) in [6, 6.07) is 17.7. The summed E-state index contributed by atoms with van der Waals surface area (Å²) in [4.78, 5) is 26.0. The molecule has 6 heteroatoms. The van der Waals surface area contributed by atoms with Crippen LogP contribution < -0.4 is 10.6 Å². The molecule has 2 amide bonds. The van der Waals surface area contributed by atoms with Crippen LogP contribution in [-0.4, -0.2) is 49.6 Å². The second-order valence-corrected chi connectivity index (χ2v) is 6.89. The van der Waals surface area contributed by atoms with Crippen LogP contribution in [0.4, 0.5) is 0 Å². The van der Waals surface area contributed by atoms with Gasteiger partial charge in [-0.2, -0.15) is 0 Å². The molecule has 0 radical (unpaired) electrons. The highest BCUT2D eigenvalue weighted by Gasteiger charge is 2.23. The van der Waals surface area contributed by atoms with E-state index in [-0.39, 0.29) is 17.9 Å².